The smallest absolute Gasteiger partial charge is 0.277 e. The summed E-state index contributed by atoms with van der Waals surface area (Å²) in [5.74, 6) is -0.367. The quantitative estimate of drug-likeness (QED) is 0.263. The number of carbonyl (C=O) groups is 1. The lowest BCUT2D eigenvalue weighted by atomic mass is 10.1. The Bertz CT molecular complexity index is 935. The largest absolute Gasteiger partial charge is 0.489 e. The van der Waals surface area contributed by atoms with Crippen LogP contribution in [-0.2, 0) is 4.74 Å². The minimum atomic E-state index is -0.839. The molecule has 30 heavy (non-hydrogen) atoms. The number of nitrogens with zero attached hydrogens (tertiary/aromatic N) is 2. The predicted molar refractivity (Wildman–Crippen MR) is 112 cm³/mol. The zero-order chi connectivity index (χ0) is 22.1. The molecule has 1 amide bonds. The van der Waals surface area contributed by atoms with E-state index in [1.54, 1.807) is 24.3 Å². The van der Waals surface area contributed by atoms with Gasteiger partial charge in [-0.25, -0.2) is 0 Å². The fraction of sp³-hybridized carbons (Fsp3) is 0.222. The Morgan fingerprint density at radius 2 is 1.70 bits per heavy atom. The van der Waals surface area contributed by atoms with Gasteiger partial charge in [0.25, 0.3) is 17.3 Å². The molecule has 0 saturated heterocycles. The van der Waals surface area contributed by atoms with Gasteiger partial charge in [-0.1, -0.05) is 12.1 Å². The van der Waals surface area contributed by atoms with Gasteiger partial charge < -0.3 is 14.8 Å². The summed E-state index contributed by atoms with van der Waals surface area (Å²) in [7, 11) is 0. The van der Waals surface area contributed by atoms with E-state index in [0.29, 0.717) is 31.3 Å². The van der Waals surface area contributed by atoms with Crippen LogP contribution >= 0.6 is 12.2 Å². The molecule has 0 aliphatic carbocycles. The van der Waals surface area contributed by atoms with Gasteiger partial charge in [0.05, 0.1) is 33.8 Å². The molecule has 0 spiro atoms. The third-order valence-electron chi connectivity index (χ3n) is 3.64. The van der Waals surface area contributed by atoms with Crippen LogP contribution in [0.5, 0.6) is 5.75 Å². The summed E-state index contributed by atoms with van der Waals surface area (Å²) in [6.45, 7) is 3.14. The number of hydrogen-bond acceptors (Lipinski definition) is 8. The molecule has 158 valence electrons. The van der Waals surface area contributed by atoms with Crippen LogP contribution in [0, 0.1) is 20.2 Å². The maximum atomic E-state index is 12.4. The molecule has 2 aromatic carbocycles. The van der Waals surface area contributed by atoms with Crippen LogP contribution in [0.3, 0.4) is 0 Å². The zero-order valence-corrected chi connectivity index (χ0v) is 16.6. The molecular weight excluding hydrogens is 416 g/mol. The highest BCUT2D eigenvalue weighted by atomic mass is 32.1. The van der Waals surface area contributed by atoms with Gasteiger partial charge in [0.1, 0.15) is 12.4 Å². The van der Waals surface area contributed by atoms with E-state index in [1.165, 1.54) is 0 Å². The number of nitro benzene ring substituents is 2. The molecule has 0 saturated carbocycles. The Labute approximate surface area is 176 Å². The Morgan fingerprint density at radius 1 is 1.07 bits per heavy atom. The fourth-order valence-corrected chi connectivity index (χ4v) is 2.52. The number of anilines is 1. The van der Waals surface area contributed by atoms with E-state index in [4.69, 9.17) is 21.7 Å². The summed E-state index contributed by atoms with van der Waals surface area (Å²) in [4.78, 5) is 32.7. The van der Waals surface area contributed by atoms with Crippen LogP contribution < -0.4 is 15.4 Å². The third-order valence-corrected chi connectivity index (χ3v) is 3.84. The molecule has 2 aromatic rings. The fourth-order valence-electron chi connectivity index (χ4n) is 2.32. The van der Waals surface area contributed by atoms with E-state index in [9.17, 15) is 25.0 Å². The summed E-state index contributed by atoms with van der Waals surface area (Å²) < 4.78 is 10.8. The molecule has 0 heterocycles. The highest BCUT2D eigenvalue weighted by Gasteiger charge is 2.20. The first-order valence-electron chi connectivity index (χ1n) is 8.67. The first-order valence-corrected chi connectivity index (χ1v) is 9.08. The number of benzene rings is 2. The molecule has 12 heteroatoms. The Morgan fingerprint density at radius 3 is 2.30 bits per heavy atom. The van der Waals surface area contributed by atoms with Crippen molar-refractivity contribution < 1.29 is 24.1 Å². The van der Waals surface area contributed by atoms with E-state index in [-0.39, 0.29) is 10.7 Å². The van der Waals surface area contributed by atoms with Crippen LogP contribution in [0.15, 0.2) is 42.5 Å². The number of ether oxygens (including phenoxy) is 2. The minimum Gasteiger partial charge on any atom is -0.489 e. The van der Waals surface area contributed by atoms with Crippen LogP contribution in [0.25, 0.3) is 0 Å². The molecule has 0 aliphatic heterocycles. The van der Waals surface area contributed by atoms with Crippen molar-refractivity contribution in [1.82, 2.24) is 5.32 Å². The van der Waals surface area contributed by atoms with Crippen molar-refractivity contribution in [3.63, 3.8) is 0 Å². The standard InChI is InChI=1S/C18H18N4O7S/c1-2-28-7-8-29-16-6-4-3-5-15(16)19-18(30)20-17(23)12-9-13(21(24)25)11-14(10-12)22(26)27/h3-6,9-11H,2,7-8H2,1H3,(H2,19,20,23,30). The summed E-state index contributed by atoms with van der Waals surface area (Å²) in [5.41, 5.74) is -0.965. The van der Waals surface area contributed by atoms with Crippen LogP contribution in [0.1, 0.15) is 17.3 Å². The first-order chi connectivity index (χ1) is 14.3. The van der Waals surface area contributed by atoms with E-state index in [1.807, 2.05) is 6.92 Å². The van der Waals surface area contributed by atoms with E-state index < -0.39 is 27.1 Å². The molecule has 2 N–H and O–H groups in total. The molecule has 0 aromatic heterocycles. The second-order valence-corrected chi connectivity index (χ2v) is 6.11. The molecule has 0 radical (unpaired) electrons. The molecule has 0 atom stereocenters. The van der Waals surface area contributed by atoms with Crippen molar-refractivity contribution in [3.8, 4) is 5.75 Å². The van der Waals surface area contributed by atoms with Gasteiger partial charge in [-0.15, -0.1) is 0 Å². The van der Waals surface area contributed by atoms with Gasteiger partial charge in [0.2, 0.25) is 0 Å². The second kappa shape index (κ2) is 10.8. The molecule has 0 bridgehead atoms. The summed E-state index contributed by atoms with van der Waals surface area (Å²) in [5, 5.41) is 27.0. The maximum Gasteiger partial charge on any atom is 0.277 e. The monoisotopic (exact) mass is 434 g/mol. The molecule has 11 nitrogen and oxygen atoms in total. The lowest BCUT2D eigenvalue weighted by Crippen LogP contribution is -2.34. The van der Waals surface area contributed by atoms with E-state index in [0.717, 1.165) is 18.2 Å². The number of nitrogens with one attached hydrogen (secondary N) is 2. The highest BCUT2D eigenvalue weighted by Crippen LogP contribution is 2.24. The van der Waals surface area contributed by atoms with Crippen molar-refractivity contribution in [2.45, 2.75) is 6.92 Å². The van der Waals surface area contributed by atoms with Gasteiger partial charge in [-0.05, 0) is 31.3 Å². The molecule has 0 fully saturated rings. The SMILES string of the molecule is CCOCCOc1ccccc1NC(=S)NC(=O)c1cc([N+](=O)[O-])cc([N+](=O)[O-])c1. The van der Waals surface area contributed by atoms with Gasteiger partial charge in [0, 0.05) is 18.7 Å². The Hall–Kier alpha value is -3.64. The normalized spacial score (nSPS) is 10.2. The average molecular weight is 434 g/mol. The van der Waals surface area contributed by atoms with E-state index in [2.05, 4.69) is 10.6 Å². The number of nitro groups is 2. The number of rotatable bonds is 9. The van der Waals surface area contributed by atoms with Crippen molar-refractivity contribution in [2.75, 3.05) is 25.1 Å². The van der Waals surface area contributed by atoms with Crippen molar-refractivity contribution >= 4 is 40.3 Å². The first kappa shape index (κ1) is 22.6. The molecule has 0 unspecified atom stereocenters. The number of para-hydroxylation sites is 2. The molecular formula is C18H18N4O7S. The Balaban J connectivity index is 2.09. The minimum absolute atomic E-state index is 0.116. The van der Waals surface area contributed by atoms with Gasteiger partial charge in [0.15, 0.2) is 5.11 Å². The maximum absolute atomic E-state index is 12.4. The van der Waals surface area contributed by atoms with Gasteiger partial charge in [-0.2, -0.15) is 0 Å². The van der Waals surface area contributed by atoms with E-state index >= 15 is 0 Å². The number of hydrogen-bond donors (Lipinski definition) is 2. The average Bonchev–Trinajstić information content (AvgIpc) is 2.71. The predicted octanol–water partition coefficient (Wildman–Crippen LogP) is 3.05. The van der Waals surface area contributed by atoms with Crippen molar-refractivity contribution in [2.24, 2.45) is 0 Å². The third kappa shape index (κ3) is 6.46. The molecule has 2 rings (SSSR count). The number of amides is 1. The van der Waals surface area contributed by atoms with Crippen LogP contribution in [0.4, 0.5) is 17.1 Å². The second-order valence-electron chi connectivity index (χ2n) is 5.70. The highest BCUT2D eigenvalue weighted by molar-refractivity contribution is 7.80. The van der Waals surface area contributed by atoms with Crippen LogP contribution in [-0.4, -0.2) is 40.7 Å². The zero-order valence-electron chi connectivity index (χ0n) is 15.8. The number of non-ortho nitro benzene ring substituents is 2. The van der Waals surface area contributed by atoms with Crippen molar-refractivity contribution in [1.29, 1.82) is 0 Å². The summed E-state index contributed by atoms with van der Waals surface area (Å²) in [6, 6.07) is 9.47. The lowest BCUT2D eigenvalue weighted by molar-refractivity contribution is -0.394. The lowest BCUT2D eigenvalue weighted by Gasteiger charge is -2.14. The summed E-state index contributed by atoms with van der Waals surface area (Å²) in [6.07, 6.45) is 0. The molecule has 0 aliphatic rings. The van der Waals surface area contributed by atoms with Gasteiger partial charge in [-0.3, -0.25) is 30.3 Å². The van der Waals surface area contributed by atoms with Crippen molar-refractivity contribution in [3.05, 3.63) is 68.3 Å². The number of carbonyl (C=O) groups excluding carboxylic acids is 1. The van der Waals surface area contributed by atoms with Crippen LogP contribution in [0.2, 0.25) is 0 Å². The van der Waals surface area contributed by atoms with Gasteiger partial charge >= 0.3 is 0 Å². The summed E-state index contributed by atoms with van der Waals surface area (Å²) >= 11 is 5.10. The topological polar surface area (TPSA) is 146 Å². The Kier molecular flexibility index (Phi) is 8.14. The number of thiocarbonyl (C=S) groups is 1.